The third kappa shape index (κ3) is 2.24. The number of benzene rings is 1. The zero-order chi connectivity index (χ0) is 14.1. The van der Waals surface area contributed by atoms with Gasteiger partial charge >= 0.3 is 6.03 Å². The number of anilines is 2. The second-order valence-corrected chi connectivity index (χ2v) is 5.46. The fourth-order valence-corrected chi connectivity index (χ4v) is 2.94. The molecule has 20 heavy (non-hydrogen) atoms. The second kappa shape index (κ2) is 5.15. The number of rotatable bonds is 1. The van der Waals surface area contributed by atoms with Gasteiger partial charge in [-0.15, -0.1) is 0 Å². The molecule has 0 saturated heterocycles. The lowest BCUT2D eigenvalue weighted by atomic mass is 10.1. The summed E-state index contributed by atoms with van der Waals surface area (Å²) in [6.45, 7) is 0.103. The van der Waals surface area contributed by atoms with Gasteiger partial charge in [-0.1, -0.05) is 25.0 Å². The van der Waals surface area contributed by atoms with Gasteiger partial charge in [0.1, 0.15) is 6.54 Å². The Morgan fingerprint density at radius 1 is 1.20 bits per heavy atom. The van der Waals surface area contributed by atoms with Crippen molar-refractivity contribution in [3.63, 3.8) is 0 Å². The van der Waals surface area contributed by atoms with Gasteiger partial charge in [-0.05, 0) is 25.0 Å². The fourth-order valence-electron chi connectivity index (χ4n) is 2.94. The van der Waals surface area contributed by atoms with Crippen molar-refractivity contribution in [2.24, 2.45) is 0 Å². The van der Waals surface area contributed by atoms with Crippen molar-refractivity contribution < 1.29 is 9.59 Å². The average Bonchev–Trinajstić information content (AvgIpc) is 2.95. The van der Waals surface area contributed by atoms with Crippen LogP contribution in [0.4, 0.5) is 16.2 Å². The highest BCUT2D eigenvalue weighted by atomic mass is 16.2. The lowest BCUT2D eigenvalue weighted by Gasteiger charge is -2.34. The minimum Gasteiger partial charge on any atom is -0.335 e. The monoisotopic (exact) mass is 273 g/mol. The average molecular weight is 273 g/mol. The van der Waals surface area contributed by atoms with Crippen molar-refractivity contribution in [3.8, 4) is 0 Å². The van der Waals surface area contributed by atoms with Crippen LogP contribution in [0.15, 0.2) is 24.3 Å². The van der Waals surface area contributed by atoms with Crippen LogP contribution in [0.3, 0.4) is 0 Å². The van der Waals surface area contributed by atoms with E-state index in [0.29, 0.717) is 0 Å². The molecule has 2 aliphatic rings. The van der Waals surface area contributed by atoms with Crippen molar-refractivity contribution in [1.82, 2.24) is 5.32 Å². The van der Waals surface area contributed by atoms with Crippen molar-refractivity contribution in [2.45, 2.75) is 31.7 Å². The van der Waals surface area contributed by atoms with E-state index in [1.165, 1.54) is 12.8 Å². The summed E-state index contributed by atoms with van der Waals surface area (Å²) in [5, 5.41) is 3.04. The molecule has 1 aliphatic carbocycles. The standard InChI is InChI=1S/C15H19N3O2/c1-17-12-8-4-5-9-13(12)18(10-14(17)19)15(20)16-11-6-2-3-7-11/h4-5,8-9,11H,2-3,6-7,10H2,1H3,(H,16,20). The van der Waals surface area contributed by atoms with Gasteiger partial charge in [0, 0.05) is 13.1 Å². The summed E-state index contributed by atoms with van der Waals surface area (Å²) >= 11 is 0. The van der Waals surface area contributed by atoms with E-state index in [-0.39, 0.29) is 24.5 Å². The zero-order valence-corrected chi connectivity index (χ0v) is 11.6. The lowest BCUT2D eigenvalue weighted by Crippen LogP contribution is -2.51. The summed E-state index contributed by atoms with van der Waals surface area (Å²) in [5.41, 5.74) is 1.58. The van der Waals surface area contributed by atoms with E-state index in [1.807, 2.05) is 24.3 Å². The van der Waals surface area contributed by atoms with E-state index in [1.54, 1.807) is 16.8 Å². The van der Waals surface area contributed by atoms with Gasteiger partial charge in [0.2, 0.25) is 5.91 Å². The first kappa shape index (κ1) is 13.0. The first-order chi connectivity index (χ1) is 9.66. The molecule has 3 rings (SSSR count). The molecular weight excluding hydrogens is 254 g/mol. The number of carbonyl (C=O) groups is 2. The van der Waals surface area contributed by atoms with Crippen molar-refractivity contribution in [2.75, 3.05) is 23.4 Å². The van der Waals surface area contributed by atoms with Crippen molar-refractivity contribution >= 4 is 23.3 Å². The van der Waals surface area contributed by atoms with Gasteiger partial charge in [-0.2, -0.15) is 0 Å². The Labute approximate surface area is 118 Å². The van der Waals surface area contributed by atoms with Gasteiger partial charge in [0.25, 0.3) is 0 Å². The minimum absolute atomic E-state index is 0.0646. The summed E-state index contributed by atoms with van der Waals surface area (Å²) in [7, 11) is 1.74. The molecule has 0 unspecified atom stereocenters. The molecule has 1 N–H and O–H groups in total. The van der Waals surface area contributed by atoms with E-state index >= 15 is 0 Å². The quantitative estimate of drug-likeness (QED) is 0.852. The number of para-hydroxylation sites is 2. The highest BCUT2D eigenvalue weighted by Crippen LogP contribution is 2.32. The van der Waals surface area contributed by atoms with Crippen molar-refractivity contribution in [3.05, 3.63) is 24.3 Å². The predicted octanol–water partition coefficient (Wildman–Crippen LogP) is 2.12. The molecule has 1 aromatic rings. The Morgan fingerprint density at radius 2 is 1.85 bits per heavy atom. The van der Waals surface area contributed by atoms with E-state index < -0.39 is 0 Å². The van der Waals surface area contributed by atoms with Crippen LogP contribution < -0.4 is 15.1 Å². The summed E-state index contributed by atoms with van der Waals surface area (Å²) < 4.78 is 0. The minimum atomic E-state index is -0.161. The SMILES string of the molecule is CN1C(=O)CN(C(=O)NC2CCCC2)c2ccccc21. The summed E-state index contributed by atoms with van der Waals surface area (Å²) in [6.07, 6.45) is 4.41. The number of nitrogens with zero attached hydrogens (tertiary/aromatic N) is 2. The van der Waals surface area contributed by atoms with Crippen molar-refractivity contribution in [1.29, 1.82) is 0 Å². The molecule has 3 amide bonds. The highest BCUT2D eigenvalue weighted by Gasteiger charge is 2.31. The van der Waals surface area contributed by atoms with Gasteiger partial charge < -0.3 is 10.2 Å². The maximum Gasteiger partial charge on any atom is 0.322 e. The van der Waals surface area contributed by atoms with Crippen LogP contribution in [-0.4, -0.2) is 31.6 Å². The topological polar surface area (TPSA) is 52.7 Å². The van der Waals surface area contributed by atoms with Crippen LogP contribution in [0, 0.1) is 0 Å². The predicted molar refractivity (Wildman–Crippen MR) is 78.0 cm³/mol. The zero-order valence-electron chi connectivity index (χ0n) is 11.6. The number of hydrogen-bond acceptors (Lipinski definition) is 2. The Balaban J connectivity index is 1.84. The van der Waals surface area contributed by atoms with E-state index in [2.05, 4.69) is 5.32 Å². The molecule has 0 atom stereocenters. The first-order valence-electron chi connectivity index (χ1n) is 7.10. The van der Waals surface area contributed by atoms with Crippen LogP contribution in [0.5, 0.6) is 0 Å². The molecule has 1 fully saturated rings. The number of carbonyl (C=O) groups excluding carboxylic acids is 2. The largest absolute Gasteiger partial charge is 0.335 e. The van der Waals surface area contributed by atoms with Crippen LogP contribution in [0.25, 0.3) is 0 Å². The smallest absolute Gasteiger partial charge is 0.322 e. The van der Waals surface area contributed by atoms with Gasteiger partial charge in [-0.3, -0.25) is 9.69 Å². The molecule has 0 radical (unpaired) electrons. The van der Waals surface area contributed by atoms with Gasteiger partial charge in [0.05, 0.1) is 11.4 Å². The summed E-state index contributed by atoms with van der Waals surface area (Å²) in [5.74, 6) is -0.0646. The van der Waals surface area contributed by atoms with Gasteiger partial charge in [-0.25, -0.2) is 4.79 Å². The molecule has 0 aromatic heterocycles. The Bertz CT molecular complexity index is 538. The number of nitrogens with one attached hydrogen (secondary N) is 1. The molecule has 106 valence electrons. The normalized spacial score (nSPS) is 19.1. The Morgan fingerprint density at radius 3 is 2.55 bits per heavy atom. The van der Waals surface area contributed by atoms with E-state index in [4.69, 9.17) is 0 Å². The molecule has 1 aliphatic heterocycles. The third-order valence-corrected chi connectivity index (χ3v) is 4.13. The fraction of sp³-hybridized carbons (Fsp3) is 0.467. The van der Waals surface area contributed by atoms with Gasteiger partial charge in [0.15, 0.2) is 0 Å². The Kier molecular flexibility index (Phi) is 3.34. The molecule has 0 spiro atoms. The molecule has 5 heteroatoms. The molecular formula is C15H19N3O2. The lowest BCUT2D eigenvalue weighted by molar-refractivity contribution is -0.117. The van der Waals surface area contributed by atoms with E-state index in [0.717, 1.165) is 24.2 Å². The Hall–Kier alpha value is -2.04. The maximum atomic E-state index is 12.4. The molecule has 1 saturated carbocycles. The number of amides is 3. The number of hydrogen-bond donors (Lipinski definition) is 1. The molecule has 0 bridgehead atoms. The number of likely N-dealkylation sites (N-methyl/N-ethyl adjacent to an activating group) is 1. The highest BCUT2D eigenvalue weighted by molar-refractivity contribution is 6.10. The van der Waals surface area contributed by atoms with Crippen LogP contribution >= 0.6 is 0 Å². The second-order valence-electron chi connectivity index (χ2n) is 5.46. The molecule has 1 aromatic carbocycles. The maximum absolute atomic E-state index is 12.4. The van der Waals surface area contributed by atoms with Crippen LogP contribution in [0.1, 0.15) is 25.7 Å². The molecule has 1 heterocycles. The summed E-state index contributed by atoms with van der Waals surface area (Å²) in [6, 6.07) is 7.60. The third-order valence-electron chi connectivity index (χ3n) is 4.13. The molecule has 5 nitrogen and oxygen atoms in total. The van der Waals surface area contributed by atoms with Crippen LogP contribution in [-0.2, 0) is 4.79 Å². The van der Waals surface area contributed by atoms with Crippen LogP contribution in [0.2, 0.25) is 0 Å². The first-order valence-corrected chi connectivity index (χ1v) is 7.10. The van der Waals surface area contributed by atoms with E-state index in [9.17, 15) is 9.59 Å². The summed E-state index contributed by atoms with van der Waals surface area (Å²) in [4.78, 5) is 27.6. The number of urea groups is 1. The number of fused-ring (bicyclic) bond motifs is 1.